The molecule has 1 aromatic heterocycles. The minimum absolute atomic E-state index is 0.00178. The molecule has 1 heterocycles. The van der Waals surface area contributed by atoms with Gasteiger partial charge in [0.1, 0.15) is 6.54 Å². The number of carbonyl (C=O) groups excluding carboxylic acids is 1. The van der Waals surface area contributed by atoms with Crippen molar-refractivity contribution >= 4 is 33.3 Å². The fourth-order valence-electron chi connectivity index (χ4n) is 1.98. The van der Waals surface area contributed by atoms with Gasteiger partial charge in [-0.25, -0.2) is 17.9 Å². The van der Waals surface area contributed by atoms with Crippen LogP contribution in [0.2, 0.25) is 0 Å². The molecular formula is C14H17N5O5S. The molecule has 2 rings (SSSR count). The van der Waals surface area contributed by atoms with Crippen molar-refractivity contribution in [3.8, 4) is 0 Å². The summed E-state index contributed by atoms with van der Waals surface area (Å²) in [5, 5.41) is 18.3. The van der Waals surface area contributed by atoms with Crippen molar-refractivity contribution in [1.82, 2.24) is 15.0 Å². The number of anilines is 2. The van der Waals surface area contributed by atoms with E-state index in [0.29, 0.717) is 17.8 Å². The minimum Gasteiger partial charge on any atom is -0.476 e. The standard InChI is InChI=1S/C14H17N5O5S/c1-2-6-25(23,24)17-11-5-3-4-10(7-11)15-13(20)9-19-8-12(14(21)22)16-18-19/h3-5,7-8,17H,2,6,9H2,1H3,(H,15,20)(H,21,22). The average Bonchev–Trinajstić information content (AvgIpc) is 2.95. The predicted octanol–water partition coefficient (Wildman–Crippen LogP) is 0.767. The van der Waals surface area contributed by atoms with Gasteiger partial charge >= 0.3 is 5.97 Å². The van der Waals surface area contributed by atoms with Crippen LogP contribution in [0.4, 0.5) is 11.4 Å². The molecule has 0 fully saturated rings. The zero-order chi connectivity index (χ0) is 18.4. The second-order valence-electron chi connectivity index (χ2n) is 5.16. The second kappa shape index (κ2) is 7.75. The number of rotatable bonds is 8. The number of hydrogen-bond acceptors (Lipinski definition) is 6. The van der Waals surface area contributed by atoms with Crippen molar-refractivity contribution in [1.29, 1.82) is 0 Å². The zero-order valence-corrected chi connectivity index (χ0v) is 14.2. The molecule has 0 atom stereocenters. The van der Waals surface area contributed by atoms with E-state index in [0.717, 1.165) is 10.9 Å². The topological polar surface area (TPSA) is 143 Å². The number of sulfonamides is 1. The highest BCUT2D eigenvalue weighted by Gasteiger charge is 2.12. The van der Waals surface area contributed by atoms with Crippen LogP contribution in [-0.4, -0.2) is 46.1 Å². The number of nitrogens with one attached hydrogen (secondary N) is 2. The number of aromatic nitrogens is 3. The van der Waals surface area contributed by atoms with E-state index in [-0.39, 0.29) is 18.0 Å². The number of amides is 1. The van der Waals surface area contributed by atoms with Crippen LogP contribution in [0.1, 0.15) is 23.8 Å². The Balaban J connectivity index is 2.01. The Labute approximate surface area is 143 Å². The smallest absolute Gasteiger partial charge is 0.358 e. The van der Waals surface area contributed by atoms with Crippen LogP contribution in [0.25, 0.3) is 0 Å². The summed E-state index contributed by atoms with van der Waals surface area (Å²) in [5.41, 5.74) is 0.459. The van der Waals surface area contributed by atoms with Gasteiger partial charge in [-0.15, -0.1) is 5.10 Å². The van der Waals surface area contributed by atoms with Crippen molar-refractivity contribution < 1.29 is 23.1 Å². The summed E-state index contributed by atoms with van der Waals surface area (Å²) >= 11 is 0. The van der Waals surface area contributed by atoms with Crippen LogP contribution in [0.3, 0.4) is 0 Å². The molecule has 134 valence electrons. The number of aromatic carboxylic acids is 1. The van der Waals surface area contributed by atoms with Crippen LogP contribution >= 0.6 is 0 Å². The van der Waals surface area contributed by atoms with Gasteiger partial charge in [0.05, 0.1) is 17.6 Å². The summed E-state index contributed by atoms with van der Waals surface area (Å²) in [6.45, 7) is 1.53. The first kappa shape index (κ1) is 18.4. The molecule has 0 unspecified atom stereocenters. The lowest BCUT2D eigenvalue weighted by Crippen LogP contribution is -2.19. The molecule has 0 saturated carbocycles. The third-order valence-corrected chi connectivity index (χ3v) is 4.45. The summed E-state index contributed by atoms with van der Waals surface area (Å²) in [5.74, 6) is -1.70. The van der Waals surface area contributed by atoms with E-state index < -0.39 is 21.9 Å². The number of nitrogens with zero attached hydrogens (tertiary/aromatic N) is 3. The Kier molecular flexibility index (Phi) is 5.70. The zero-order valence-electron chi connectivity index (χ0n) is 13.3. The van der Waals surface area contributed by atoms with Gasteiger partial charge in [0.15, 0.2) is 5.69 Å². The molecule has 10 nitrogen and oxygen atoms in total. The van der Waals surface area contributed by atoms with E-state index >= 15 is 0 Å². The summed E-state index contributed by atoms with van der Waals surface area (Å²) in [6, 6.07) is 6.24. The molecule has 0 saturated heterocycles. The maximum atomic E-state index is 12.0. The van der Waals surface area contributed by atoms with Crippen LogP contribution < -0.4 is 10.0 Å². The Bertz CT molecular complexity index is 877. The van der Waals surface area contributed by atoms with E-state index in [9.17, 15) is 18.0 Å². The molecule has 0 bridgehead atoms. The molecule has 3 N–H and O–H groups in total. The van der Waals surface area contributed by atoms with Gasteiger partial charge in [-0.05, 0) is 24.6 Å². The van der Waals surface area contributed by atoms with Crippen LogP contribution in [0.15, 0.2) is 30.5 Å². The predicted molar refractivity (Wildman–Crippen MR) is 89.8 cm³/mol. The Morgan fingerprint density at radius 1 is 1.28 bits per heavy atom. The third kappa shape index (κ3) is 5.57. The number of carboxylic acid groups (broad SMARTS) is 1. The molecule has 11 heteroatoms. The first-order chi connectivity index (χ1) is 11.8. The van der Waals surface area contributed by atoms with E-state index in [1.54, 1.807) is 25.1 Å². The lowest BCUT2D eigenvalue weighted by atomic mass is 10.3. The highest BCUT2D eigenvalue weighted by Crippen LogP contribution is 2.16. The van der Waals surface area contributed by atoms with Crippen LogP contribution in [0, 0.1) is 0 Å². The van der Waals surface area contributed by atoms with Crippen molar-refractivity contribution in [2.45, 2.75) is 19.9 Å². The highest BCUT2D eigenvalue weighted by molar-refractivity contribution is 7.92. The molecule has 1 aromatic carbocycles. The molecular weight excluding hydrogens is 350 g/mol. The molecule has 1 amide bonds. The molecule has 25 heavy (non-hydrogen) atoms. The number of carbonyl (C=O) groups is 2. The Morgan fingerprint density at radius 2 is 2.00 bits per heavy atom. The minimum atomic E-state index is -3.42. The molecule has 0 aliphatic carbocycles. The van der Waals surface area contributed by atoms with Gasteiger partial charge in [-0.2, -0.15) is 0 Å². The third-order valence-electron chi connectivity index (χ3n) is 2.96. The Hall–Kier alpha value is -2.95. The van der Waals surface area contributed by atoms with Gasteiger partial charge in [-0.3, -0.25) is 9.52 Å². The Morgan fingerprint density at radius 3 is 2.64 bits per heavy atom. The molecule has 0 spiro atoms. The average molecular weight is 367 g/mol. The van der Waals surface area contributed by atoms with Crippen LogP contribution in [0.5, 0.6) is 0 Å². The maximum Gasteiger partial charge on any atom is 0.358 e. The van der Waals surface area contributed by atoms with Crippen molar-refractivity contribution in [2.75, 3.05) is 15.8 Å². The summed E-state index contributed by atoms with van der Waals surface area (Å²) < 4.78 is 27.1. The molecule has 0 aliphatic heterocycles. The van der Waals surface area contributed by atoms with E-state index in [1.807, 2.05) is 0 Å². The lowest BCUT2D eigenvalue weighted by Gasteiger charge is -2.09. The molecule has 0 aliphatic rings. The van der Waals surface area contributed by atoms with Crippen molar-refractivity contribution in [3.63, 3.8) is 0 Å². The quantitative estimate of drug-likeness (QED) is 0.625. The number of hydrogen-bond donors (Lipinski definition) is 3. The molecule has 0 radical (unpaired) electrons. The van der Waals surface area contributed by atoms with E-state index in [2.05, 4.69) is 20.4 Å². The van der Waals surface area contributed by atoms with Gasteiger partial charge in [0, 0.05) is 5.69 Å². The lowest BCUT2D eigenvalue weighted by molar-refractivity contribution is -0.116. The number of carboxylic acids is 1. The van der Waals surface area contributed by atoms with Crippen LogP contribution in [-0.2, 0) is 21.4 Å². The summed E-state index contributed by atoms with van der Waals surface area (Å²) in [7, 11) is -3.42. The highest BCUT2D eigenvalue weighted by atomic mass is 32.2. The van der Waals surface area contributed by atoms with Gasteiger partial charge in [0.2, 0.25) is 15.9 Å². The van der Waals surface area contributed by atoms with Crippen molar-refractivity contribution in [2.24, 2.45) is 0 Å². The first-order valence-electron chi connectivity index (χ1n) is 7.33. The van der Waals surface area contributed by atoms with E-state index in [4.69, 9.17) is 5.11 Å². The van der Waals surface area contributed by atoms with Crippen molar-refractivity contribution in [3.05, 3.63) is 36.2 Å². The monoisotopic (exact) mass is 367 g/mol. The van der Waals surface area contributed by atoms with E-state index in [1.165, 1.54) is 6.07 Å². The maximum absolute atomic E-state index is 12.0. The fourth-order valence-corrected chi connectivity index (χ4v) is 3.11. The normalized spacial score (nSPS) is 11.1. The summed E-state index contributed by atoms with van der Waals surface area (Å²) in [4.78, 5) is 22.7. The number of benzene rings is 1. The molecule has 2 aromatic rings. The van der Waals surface area contributed by atoms with Gasteiger partial charge in [-0.1, -0.05) is 18.2 Å². The second-order valence-corrected chi connectivity index (χ2v) is 7.00. The first-order valence-corrected chi connectivity index (χ1v) is 8.98. The summed E-state index contributed by atoms with van der Waals surface area (Å²) in [6.07, 6.45) is 1.62. The fraction of sp³-hybridized carbons (Fsp3) is 0.286. The SMILES string of the molecule is CCCS(=O)(=O)Nc1cccc(NC(=O)Cn2cc(C(=O)O)nn2)c1. The van der Waals surface area contributed by atoms with Gasteiger partial charge < -0.3 is 10.4 Å². The largest absolute Gasteiger partial charge is 0.476 e. The van der Waals surface area contributed by atoms with Gasteiger partial charge in [0.25, 0.3) is 0 Å².